The molecule has 0 aromatic heterocycles. The number of hydrogen-bond acceptors (Lipinski definition) is 4. The molecule has 4 aliphatic carbocycles. The lowest BCUT2D eigenvalue weighted by molar-refractivity contribution is -0.118. The average molecular weight is 570 g/mol. The molecule has 4 bridgehead atoms. The summed E-state index contributed by atoms with van der Waals surface area (Å²) >= 11 is 7.57. The Balaban J connectivity index is 1.37. The number of nitrogens with one attached hydrogen (secondary N) is 2. The van der Waals surface area contributed by atoms with Gasteiger partial charge in [-0.05, 0) is 48.3 Å². The van der Waals surface area contributed by atoms with Gasteiger partial charge in [-0.15, -0.1) is 0 Å². The average Bonchev–Trinajstić information content (AvgIpc) is 3.19. The number of alkyl halides is 2. The van der Waals surface area contributed by atoms with Crippen LogP contribution in [0.3, 0.4) is 0 Å². The Morgan fingerprint density at radius 1 is 0.781 bits per heavy atom. The van der Waals surface area contributed by atoms with E-state index in [1.165, 1.54) is 25.0 Å². The van der Waals surface area contributed by atoms with E-state index in [1.54, 1.807) is 0 Å². The molecule has 6 atom stereocenters. The number of halogens is 2. The van der Waals surface area contributed by atoms with Crippen LogP contribution in [0.15, 0.2) is 22.4 Å². The molecule has 4 aliphatic rings. The Bertz CT molecular complexity index is 866. The zero-order valence-electron chi connectivity index (χ0n) is 19.8. The first kappa shape index (κ1) is 24.1. The predicted molar refractivity (Wildman–Crippen MR) is 135 cm³/mol. The SMILES string of the molecule is CC1(C)[C@H]2CC[C@@]1(C)/C(=N/NC(=O)/C=C/C(=O)N/N=C1/[C@H](Br)[C@H]3CC[C@@]1(C)C3(C)C)[C@@H]2Br. The molecule has 2 N–H and O–H groups in total. The van der Waals surface area contributed by atoms with Crippen LogP contribution in [-0.2, 0) is 9.59 Å². The Hall–Kier alpha value is -1.02. The summed E-state index contributed by atoms with van der Waals surface area (Å²) in [6.07, 6.45) is 6.90. The highest BCUT2D eigenvalue weighted by atomic mass is 79.9. The van der Waals surface area contributed by atoms with E-state index >= 15 is 0 Å². The van der Waals surface area contributed by atoms with E-state index in [4.69, 9.17) is 0 Å². The minimum absolute atomic E-state index is 0.0346. The fourth-order valence-corrected chi connectivity index (χ4v) is 9.90. The van der Waals surface area contributed by atoms with Crippen molar-refractivity contribution in [3.63, 3.8) is 0 Å². The second kappa shape index (κ2) is 7.76. The standard InChI is InChI=1S/C24H34Br2N4O2/c1-21(2)13-9-11-23(21,5)19(17(13)25)29-27-15(31)7-8-16(32)28-30-20-18(26)14-10-12-24(20,6)22(14,3)4/h7-8,13-14,17-18H,9-12H2,1-6H3,(H,27,31)(H,28,32)/b8-7+,29-19-,30-20+/t13-,14+,17-,18-,23-,24+/m1/s1. The molecule has 0 spiro atoms. The van der Waals surface area contributed by atoms with E-state index in [0.717, 1.165) is 24.3 Å². The molecule has 6 nitrogen and oxygen atoms in total. The van der Waals surface area contributed by atoms with Gasteiger partial charge in [0.15, 0.2) is 0 Å². The van der Waals surface area contributed by atoms with E-state index in [2.05, 4.69) is 94.5 Å². The molecule has 0 aromatic carbocycles. The van der Waals surface area contributed by atoms with Crippen molar-refractivity contribution in [3.8, 4) is 0 Å². The van der Waals surface area contributed by atoms with Gasteiger partial charge < -0.3 is 0 Å². The molecule has 0 aliphatic heterocycles. The van der Waals surface area contributed by atoms with E-state index in [0.29, 0.717) is 11.8 Å². The summed E-state index contributed by atoms with van der Waals surface area (Å²) in [4.78, 5) is 24.9. The highest BCUT2D eigenvalue weighted by molar-refractivity contribution is 9.10. The maximum absolute atomic E-state index is 12.3. The molecule has 0 aromatic rings. The maximum atomic E-state index is 12.3. The van der Waals surface area contributed by atoms with E-state index in [-0.39, 0.29) is 31.3 Å². The second-order valence-corrected chi connectivity index (χ2v) is 13.5. The smallest absolute Gasteiger partial charge is 0.264 e. The Kier molecular flexibility index (Phi) is 5.84. The van der Waals surface area contributed by atoms with Crippen molar-refractivity contribution >= 4 is 55.1 Å². The van der Waals surface area contributed by atoms with Crippen LogP contribution in [0.25, 0.3) is 0 Å². The first-order valence-corrected chi connectivity index (χ1v) is 13.3. The van der Waals surface area contributed by atoms with Gasteiger partial charge in [0.1, 0.15) is 0 Å². The largest absolute Gasteiger partial charge is 0.268 e. The van der Waals surface area contributed by atoms with Crippen LogP contribution in [0.1, 0.15) is 67.2 Å². The van der Waals surface area contributed by atoms with Gasteiger partial charge in [-0.1, -0.05) is 73.4 Å². The summed E-state index contributed by atoms with van der Waals surface area (Å²) in [6, 6.07) is 0. The van der Waals surface area contributed by atoms with Crippen molar-refractivity contribution in [2.24, 2.45) is 43.7 Å². The number of hydrazone groups is 2. The van der Waals surface area contributed by atoms with Crippen molar-refractivity contribution in [3.05, 3.63) is 12.2 Å². The molecule has 0 radical (unpaired) electrons. The molecule has 4 rings (SSSR count). The van der Waals surface area contributed by atoms with E-state index < -0.39 is 11.8 Å². The van der Waals surface area contributed by atoms with Gasteiger partial charge in [-0.25, -0.2) is 10.9 Å². The van der Waals surface area contributed by atoms with Gasteiger partial charge in [-0.2, -0.15) is 10.2 Å². The van der Waals surface area contributed by atoms with Crippen LogP contribution in [0.2, 0.25) is 0 Å². The normalized spacial score (nSPS) is 43.5. The zero-order chi connectivity index (χ0) is 23.7. The highest BCUT2D eigenvalue weighted by Crippen LogP contribution is 2.66. The monoisotopic (exact) mass is 568 g/mol. The number of amides is 2. The number of nitrogens with zero attached hydrogens (tertiary/aromatic N) is 2. The molecule has 2 amide bonds. The first-order valence-electron chi connectivity index (χ1n) is 11.5. The molecule has 4 fully saturated rings. The number of fused-ring (bicyclic) bond motifs is 4. The van der Waals surface area contributed by atoms with Crippen LogP contribution in [-0.4, -0.2) is 32.9 Å². The molecular formula is C24H34Br2N4O2. The summed E-state index contributed by atoms with van der Waals surface area (Å²) in [5.41, 5.74) is 7.41. The molecule has 0 heterocycles. The number of carbonyl (C=O) groups is 2. The zero-order valence-corrected chi connectivity index (χ0v) is 22.9. The lowest BCUT2D eigenvalue weighted by atomic mass is 9.70. The lowest BCUT2D eigenvalue weighted by Crippen LogP contribution is -2.36. The third-order valence-electron chi connectivity index (χ3n) is 9.93. The second-order valence-electron chi connectivity index (χ2n) is 11.5. The molecule has 4 saturated carbocycles. The summed E-state index contributed by atoms with van der Waals surface area (Å²) in [6.45, 7) is 13.6. The van der Waals surface area contributed by atoms with Gasteiger partial charge in [0, 0.05) is 23.0 Å². The van der Waals surface area contributed by atoms with Gasteiger partial charge in [0.25, 0.3) is 11.8 Å². The number of hydrogen-bond donors (Lipinski definition) is 2. The third kappa shape index (κ3) is 3.22. The highest BCUT2D eigenvalue weighted by Gasteiger charge is 2.65. The molecule has 0 saturated heterocycles. The van der Waals surface area contributed by atoms with Crippen LogP contribution < -0.4 is 10.9 Å². The Labute approximate surface area is 207 Å². The molecule has 0 unspecified atom stereocenters. The minimum Gasteiger partial charge on any atom is -0.268 e. The van der Waals surface area contributed by atoms with Crippen molar-refractivity contribution < 1.29 is 9.59 Å². The van der Waals surface area contributed by atoms with Crippen molar-refractivity contribution in [2.75, 3.05) is 0 Å². The molecule has 176 valence electrons. The fourth-order valence-electron chi connectivity index (χ4n) is 6.83. The Morgan fingerprint density at radius 2 is 1.12 bits per heavy atom. The topological polar surface area (TPSA) is 82.9 Å². The van der Waals surface area contributed by atoms with Gasteiger partial charge in [0.05, 0.1) is 21.1 Å². The van der Waals surface area contributed by atoms with Crippen molar-refractivity contribution in [1.29, 1.82) is 0 Å². The Morgan fingerprint density at radius 3 is 1.41 bits per heavy atom. The summed E-state index contributed by atoms with van der Waals surface area (Å²) in [7, 11) is 0. The van der Waals surface area contributed by atoms with Crippen LogP contribution in [0, 0.1) is 33.5 Å². The van der Waals surface area contributed by atoms with Crippen LogP contribution in [0.5, 0.6) is 0 Å². The summed E-state index contributed by atoms with van der Waals surface area (Å²) in [5, 5.41) is 8.91. The third-order valence-corrected chi connectivity index (χ3v) is 12.1. The molecular weight excluding hydrogens is 536 g/mol. The van der Waals surface area contributed by atoms with Crippen LogP contribution >= 0.6 is 31.9 Å². The summed E-state index contributed by atoms with van der Waals surface area (Å²) in [5.74, 6) is 0.185. The van der Waals surface area contributed by atoms with E-state index in [1.807, 2.05) is 0 Å². The maximum Gasteiger partial charge on any atom is 0.264 e. The first-order chi connectivity index (χ1) is 14.8. The van der Waals surface area contributed by atoms with Gasteiger partial charge >= 0.3 is 0 Å². The minimum atomic E-state index is -0.421. The van der Waals surface area contributed by atoms with E-state index in [9.17, 15) is 9.59 Å². The lowest BCUT2D eigenvalue weighted by Gasteiger charge is -2.34. The van der Waals surface area contributed by atoms with Gasteiger partial charge in [0.2, 0.25) is 0 Å². The predicted octanol–water partition coefficient (Wildman–Crippen LogP) is 4.93. The van der Waals surface area contributed by atoms with Crippen molar-refractivity contribution in [2.45, 2.75) is 76.9 Å². The molecule has 32 heavy (non-hydrogen) atoms. The van der Waals surface area contributed by atoms with Crippen molar-refractivity contribution in [1.82, 2.24) is 10.9 Å². The fraction of sp³-hybridized carbons (Fsp3) is 0.750. The quantitative estimate of drug-likeness (QED) is 0.286. The van der Waals surface area contributed by atoms with Gasteiger partial charge in [-0.3, -0.25) is 9.59 Å². The molecule has 8 heteroatoms. The van der Waals surface area contributed by atoms with Crippen LogP contribution in [0.4, 0.5) is 0 Å². The number of rotatable bonds is 4. The summed E-state index contributed by atoms with van der Waals surface area (Å²) < 4.78 is 0. The number of carbonyl (C=O) groups excluding carboxylic acids is 2.